The Bertz CT molecular complexity index is 682. The van der Waals surface area contributed by atoms with Crippen molar-refractivity contribution in [2.45, 2.75) is 6.29 Å². The van der Waals surface area contributed by atoms with Crippen LogP contribution >= 0.6 is 15.9 Å². The van der Waals surface area contributed by atoms with Crippen molar-refractivity contribution in [3.8, 4) is 11.5 Å². The standard InChI is InChI=1S/C12H6BrF3N2O2/c13-6-3-8(14)11(17-5-6)18-7-1-2-9-10(4-7)20-12(15,16)19-9/h1-5H,(H,17,18). The summed E-state index contributed by atoms with van der Waals surface area (Å²) in [6.07, 6.45) is -2.27. The molecule has 0 spiro atoms. The molecule has 20 heavy (non-hydrogen) atoms. The first kappa shape index (κ1) is 13.0. The maximum atomic E-state index is 13.6. The van der Waals surface area contributed by atoms with Gasteiger partial charge in [-0.05, 0) is 34.1 Å². The van der Waals surface area contributed by atoms with E-state index in [2.05, 4.69) is 35.7 Å². The lowest BCUT2D eigenvalue weighted by Gasteiger charge is -2.07. The molecule has 4 nitrogen and oxygen atoms in total. The first-order valence-corrected chi connectivity index (χ1v) is 6.20. The molecule has 0 aliphatic carbocycles. The number of nitrogens with one attached hydrogen (secondary N) is 1. The van der Waals surface area contributed by atoms with Crippen LogP contribution in [0.3, 0.4) is 0 Å². The summed E-state index contributed by atoms with van der Waals surface area (Å²) in [5, 5.41) is 2.67. The van der Waals surface area contributed by atoms with E-state index in [1.54, 1.807) is 0 Å². The van der Waals surface area contributed by atoms with Crippen LogP contribution in [-0.4, -0.2) is 11.3 Å². The van der Waals surface area contributed by atoms with E-state index in [1.807, 2.05) is 0 Å². The second-order valence-corrected chi connectivity index (χ2v) is 4.85. The number of nitrogens with zero attached hydrogens (tertiary/aromatic N) is 1. The first-order valence-electron chi connectivity index (χ1n) is 5.41. The van der Waals surface area contributed by atoms with E-state index >= 15 is 0 Å². The highest BCUT2D eigenvalue weighted by molar-refractivity contribution is 9.10. The van der Waals surface area contributed by atoms with Gasteiger partial charge in [0.2, 0.25) is 0 Å². The van der Waals surface area contributed by atoms with Crippen molar-refractivity contribution in [1.82, 2.24) is 4.98 Å². The number of aromatic nitrogens is 1. The molecule has 0 amide bonds. The molecule has 2 heterocycles. The Kier molecular flexibility index (Phi) is 2.97. The topological polar surface area (TPSA) is 43.4 Å². The van der Waals surface area contributed by atoms with Gasteiger partial charge in [-0.15, -0.1) is 8.78 Å². The highest BCUT2D eigenvalue weighted by Gasteiger charge is 2.43. The Morgan fingerprint density at radius 2 is 1.90 bits per heavy atom. The summed E-state index contributed by atoms with van der Waals surface area (Å²) in [5.74, 6) is -0.816. The average Bonchev–Trinajstić information content (AvgIpc) is 2.66. The third-order valence-electron chi connectivity index (χ3n) is 2.47. The molecule has 0 radical (unpaired) electrons. The molecule has 3 rings (SSSR count). The van der Waals surface area contributed by atoms with Gasteiger partial charge in [-0.1, -0.05) is 0 Å². The van der Waals surface area contributed by atoms with Crippen molar-refractivity contribution in [3.05, 3.63) is 40.8 Å². The van der Waals surface area contributed by atoms with E-state index in [9.17, 15) is 13.2 Å². The van der Waals surface area contributed by atoms with Gasteiger partial charge in [0.15, 0.2) is 23.1 Å². The van der Waals surface area contributed by atoms with Crippen LogP contribution in [-0.2, 0) is 0 Å². The summed E-state index contributed by atoms with van der Waals surface area (Å²) in [7, 11) is 0. The molecule has 0 saturated heterocycles. The summed E-state index contributed by atoms with van der Waals surface area (Å²) in [5.41, 5.74) is 0.346. The summed E-state index contributed by atoms with van der Waals surface area (Å²) in [4.78, 5) is 3.84. The largest absolute Gasteiger partial charge is 0.586 e. The van der Waals surface area contributed by atoms with E-state index in [1.165, 1.54) is 30.5 Å². The Morgan fingerprint density at radius 1 is 1.15 bits per heavy atom. The van der Waals surface area contributed by atoms with Gasteiger partial charge in [-0.2, -0.15) is 0 Å². The lowest BCUT2D eigenvalue weighted by Crippen LogP contribution is -2.25. The SMILES string of the molecule is Fc1cc(Br)cnc1Nc1ccc2c(c1)OC(F)(F)O2. The molecule has 0 bridgehead atoms. The third kappa shape index (κ3) is 2.51. The molecule has 1 aliphatic heterocycles. The number of halogens is 4. The van der Waals surface area contributed by atoms with Gasteiger partial charge in [0.1, 0.15) is 0 Å². The fourth-order valence-corrected chi connectivity index (χ4v) is 1.97. The minimum atomic E-state index is -3.68. The van der Waals surface area contributed by atoms with E-state index in [4.69, 9.17) is 0 Å². The number of ether oxygens (including phenoxy) is 2. The molecule has 0 atom stereocenters. The number of fused-ring (bicyclic) bond motifs is 1. The fraction of sp³-hybridized carbons (Fsp3) is 0.0833. The Balaban J connectivity index is 1.86. The number of hydrogen-bond acceptors (Lipinski definition) is 4. The van der Waals surface area contributed by atoms with Gasteiger partial charge in [0.25, 0.3) is 0 Å². The highest BCUT2D eigenvalue weighted by Crippen LogP contribution is 2.42. The molecular weight excluding hydrogens is 341 g/mol. The van der Waals surface area contributed by atoms with Gasteiger partial charge >= 0.3 is 6.29 Å². The Hall–Kier alpha value is -1.96. The van der Waals surface area contributed by atoms with E-state index in [0.717, 1.165) is 0 Å². The lowest BCUT2D eigenvalue weighted by molar-refractivity contribution is -0.286. The van der Waals surface area contributed by atoms with E-state index in [-0.39, 0.29) is 17.3 Å². The predicted octanol–water partition coefficient (Wildman–Crippen LogP) is 4.05. The van der Waals surface area contributed by atoms with Gasteiger partial charge in [0, 0.05) is 22.4 Å². The summed E-state index contributed by atoms with van der Waals surface area (Å²) in [6.45, 7) is 0. The average molecular weight is 347 g/mol. The van der Waals surface area contributed by atoms with Crippen molar-refractivity contribution < 1.29 is 22.6 Å². The zero-order valence-corrected chi connectivity index (χ0v) is 11.2. The van der Waals surface area contributed by atoms with Gasteiger partial charge < -0.3 is 14.8 Å². The quantitative estimate of drug-likeness (QED) is 0.890. The predicted molar refractivity (Wildman–Crippen MR) is 67.8 cm³/mol. The normalized spacial score (nSPS) is 15.2. The van der Waals surface area contributed by atoms with Crippen molar-refractivity contribution >= 4 is 27.4 Å². The maximum absolute atomic E-state index is 13.6. The summed E-state index contributed by atoms with van der Waals surface area (Å²) >= 11 is 3.08. The Labute approximate surface area is 119 Å². The summed E-state index contributed by atoms with van der Waals surface area (Å²) < 4.78 is 48.4. The van der Waals surface area contributed by atoms with Crippen LogP contribution in [0.4, 0.5) is 24.7 Å². The number of hydrogen-bond donors (Lipinski definition) is 1. The second kappa shape index (κ2) is 4.55. The molecule has 104 valence electrons. The maximum Gasteiger partial charge on any atom is 0.586 e. The zero-order chi connectivity index (χ0) is 14.3. The van der Waals surface area contributed by atoms with Crippen LogP contribution in [0.25, 0.3) is 0 Å². The minimum absolute atomic E-state index is 0.0289. The van der Waals surface area contributed by atoms with Crippen LogP contribution in [0.5, 0.6) is 11.5 Å². The first-order chi connectivity index (χ1) is 9.43. The minimum Gasteiger partial charge on any atom is -0.395 e. The van der Waals surface area contributed by atoms with Crippen LogP contribution in [0, 0.1) is 5.82 Å². The molecule has 0 unspecified atom stereocenters. The molecule has 1 aliphatic rings. The molecule has 1 aromatic carbocycles. The van der Waals surface area contributed by atoms with Crippen LogP contribution < -0.4 is 14.8 Å². The molecule has 1 aromatic heterocycles. The van der Waals surface area contributed by atoms with Crippen LogP contribution in [0.15, 0.2) is 34.9 Å². The Morgan fingerprint density at radius 3 is 2.65 bits per heavy atom. The number of pyridine rings is 1. The monoisotopic (exact) mass is 346 g/mol. The van der Waals surface area contributed by atoms with Crippen molar-refractivity contribution in [3.63, 3.8) is 0 Å². The zero-order valence-electron chi connectivity index (χ0n) is 9.66. The number of benzene rings is 1. The van der Waals surface area contributed by atoms with Crippen molar-refractivity contribution in [2.24, 2.45) is 0 Å². The van der Waals surface area contributed by atoms with Crippen molar-refractivity contribution in [2.75, 3.05) is 5.32 Å². The molecule has 0 fully saturated rings. The number of alkyl halides is 2. The number of rotatable bonds is 2. The number of anilines is 2. The van der Waals surface area contributed by atoms with E-state index < -0.39 is 12.1 Å². The highest BCUT2D eigenvalue weighted by atomic mass is 79.9. The summed E-state index contributed by atoms with van der Waals surface area (Å²) in [6, 6.07) is 5.26. The molecule has 1 N–H and O–H groups in total. The molecular formula is C12H6BrF3N2O2. The lowest BCUT2D eigenvalue weighted by atomic mass is 10.2. The van der Waals surface area contributed by atoms with Gasteiger partial charge in [-0.3, -0.25) is 0 Å². The fourth-order valence-electron chi connectivity index (χ4n) is 1.67. The molecule has 0 saturated carbocycles. The van der Waals surface area contributed by atoms with Gasteiger partial charge in [-0.25, -0.2) is 9.37 Å². The molecule has 8 heteroatoms. The third-order valence-corrected chi connectivity index (χ3v) is 2.91. The van der Waals surface area contributed by atoms with Crippen LogP contribution in [0.1, 0.15) is 0 Å². The molecule has 2 aromatic rings. The van der Waals surface area contributed by atoms with Crippen molar-refractivity contribution in [1.29, 1.82) is 0 Å². The van der Waals surface area contributed by atoms with Gasteiger partial charge in [0.05, 0.1) is 0 Å². The smallest absolute Gasteiger partial charge is 0.395 e. The van der Waals surface area contributed by atoms with E-state index in [0.29, 0.717) is 10.2 Å². The van der Waals surface area contributed by atoms with Crippen LogP contribution in [0.2, 0.25) is 0 Å². The second-order valence-electron chi connectivity index (χ2n) is 3.94.